The molecule has 1 aliphatic rings. The monoisotopic (exact) mass is 335 g/mol. The maximum atomic E-state index is 11.9. The predicted molar refractivity (Wildman–Crippen MR) is 77.3 cm³/mol. The summed E-state index contributed by atoms with van der Waals surface area (Å²) in [7, 11) is -6.76. The van der Waals surface area contributed by atoms with Crippen LogP contribution in [-0.2, 0) is 20.0 Å². The Hall–Kier alpha value is 0.0700. The molecule has 0 bridgehead atoms. The fraction of sp³-hybridized carbons (Fsp3) is 1.00. The number of halogens is 1. The molecule has 7 nitrogen and oxygen atoms in total. The number of piperidine rings is 1. The summed E-state index contributed by atoms with van der Waals surface area (Å²) in [6.45, 7) is 2.20. The highest BCUT2D eigenvalue weighted by atomic mass is 35.5. The Bertz CT molecular complexity index is 466. The Kier molecular flexibility index (Phi) is 7.78. The van der Waals surface area contributed by atoms with Crippen molar-refractivity contribution in [2.24, 2.45) is 5.73 Å². The minimum absolute atomic E-state index is 0. The molecule has 0 radical (unpaired) electrons. The lowest BCUT2D eigenvalue weighted by molar-refractivity contribution is 0.316. The van der Waals surface area contributed by atoms with Crippen molar-refractivity contribution < 1.29 is 16.8 Å². The first-order valence-electron chi connectivity index (χ1n) is 5.97. The van der Waals surface area contributed by atoms with Crippen molar-refractivity contribution in [2.75, 3.05) is 31.1 Å². The van der Waals surface area contributed by atoms with E-state index in [0.717, 1.165) is 12.8 Å². The minimum Gasteiger partial charge on any atom is -0.327 e. The zero-order valence-electron chi connectivity index (χ0n) is 10.9. The molecular weight excluding hydrogens is 314 g/mol. The smallest absolute Gasteiger partial charge is 0.215 e. The van der Waals surface area contributed by atoms with Gasteiger partial charge in [-0.3, -0.25) is 0 Å². The third-order valence-corrected chi connectivity index (χ3v) is 6.12. The first-order chi connectivity index (χ1) is 8.27. The molecule has 1 unspecified atom stereocenters. The molecule has 3 N–H and O–H groups in total. The van der Waals surface area contributed by atoms with E-state index in [-0.39, 0.29) is 36.5 Å². The number of hydrogen-bond donors (Lipinski definition) is 2. The van der Waals surface area contributed by atoms with Gasteiger partial charge in [0, 0.05) is 25.7 Å². The molecule has 116 valence electrons. The lowest BCUT2D eigenvalue weighted by Crippen LogP contribution is -2.47. The van der Waals surface area contributed by atoms with E-state index in [1.165, 1.54) is 11.2 Å². The molecule has 10 heteroatoms. The Morgan fingerprint density at radius 3 is 2.47 bits per heavy atom. The molecule has 1 saturated heterocycles. The van der Waals surface area contributed by atoms with Gasteiger partial charge in [-0.25, -0.2) is 25.9 Å². The van der Waals surface area contributed by atoms with Crippen LogP contribution in [0.5, 0.6) is 0 Å². The highest BCUT2D eigenvalue weighted by molar-refractivity contribution is 7.90. The second kappa shape index (κ2) is 7.75. The van der Waals surface area contributed by atoms with Crippen molar-refractivity contribution >= 4 is 32.5 Å². The fourth-order valence-electron chi connectivity index (χ4n) is 1.78. The van der Waals surface area contributed by atoms with E-state index in [2.05, 4.69) is 4.72 Å². The van der Waals surface area contributed by atoms with Gasteiger partial charge < -0.3 is 5.73 Å². The summed E-state index contributed by atoms with van der Waals surface area (Å²) in [6, 6.07) is -0.124. The maximum Gasteiger partial charge on any atom is 0.215 e. The van der Waals surface area contributed by atoms with Crippen molar-refractivity contribution in [3.05, 3.63) is 0 Å². The van der Waals surface area contributed by atoms with Gasteiger partial charge in [0.15, 0.2) is 0 Å². The molecule has 1 aliphatic heterocycles. The molecule has 1 atom stereocenters. The van der Waals surface area contributed by atoms with Crippen molar-refractivity contribution in [2.45, 2.75) is 25.8 Å². The maximum absolute atomic E-state index is 11.9. The highest BCUT2D eigenvalue weighted by Crippen LogP contribution is 2.12. The lowest BCUT2D eigenvalue weighted by Gasteiger charge is -2.29. The second-order valence-electron chi connectivity index (χ2n) is 4.37. The minimum atomic E-state index is -3.42. The Morgan fingerprint density at radius 1 is 1.32 bits per heavy atom. The molecule has 1 fully saturated rings. The average Bonchev–Trinajstić information content (AvgIpc) is 2.28. The van der Waals surface area contributed by atoms with Crippen LogP contribution < -0.4 is 10.5 Å². The summed E-state index contributed by atoms with van der Waals surface area (Å²) in [5.74, 6) is -0.277. The number of hydrogen-bond acceptors (Lipinski definition) is 5. The number of rotatable bonds is 6. The van der Waals surface area contributed by atoms with Gasteiger partial charge in [0.1, 0.15) is 0 Å². The van der Waals surface area contributed by atoms with E-state index >= 15 is 0 Å². The first-order valence-corrected chi connectivity index (χ1v) is 9.24. The van der Waals surface area contributed by atoms with E-state index in [4.69, 9.17) is 5.73 Å². The molecule has 0 amide bonds. The number of sulfonamides is 2. The largest absolute Gasteiger partial charge is 0.327 e. The normalized spacial score (nSPS) is 21.9. The highest BCUT2D eigenvalue weighted by Gasteiger charge is 2.27. The molecule has 1 rings (SSSR count). The standard InChI is InChI=1S/C9H21N3O4S2.ClH/c1-2-17(13,14)11-5-7-18(15,16)12-6-3-4-9(10)8-12;/h9,11H,2-8,10H2,1H3;1H. The van der Waals surface area contributed by atoms with Crippen LogP contribution in [0.1, 0.15) is 19.8 Å². The lowest BCUT2D eigenvalue weighted by atomic mass is 10.1. The predicted octanol–water partition coefficient (Wildman–Crippen LogP) is -0.900. The van der Waals surface area contributed by atoms with E-state index in [1.54, 1.807) is 0 Å². The van der Waals surface area contributed by atoms with Gasteiger partial charge in [0.2, 0.25) is 20.0 Å². The van der Waals surface area contributed by atoms with Crippen molar-refractivity contribution in [1.29, 1.82) is 0 Å². The Labute approximate surface area is 121 Å². The quantitative estimate of drug-likeness (QED) is 0.653. The molecular formula is C9H22ClN3O4S2. The molecule has 0 spiro atoms. The van der Waals surface area contributed by atoms with Crippen LogP contribution >= 0.6 is 12.4 Å². The number of nitrogens with one attached hydrogen (secondary N) is 1. The average molecular weight is 336 g/mol. The summed E-state index contributed by atoms with van der Waals surface area (Å²) in [5.41, 5.74) is 5.72. The van der Waals surface area contributed by atoms with Crippen LogP contribution in [-0.4, -0.2) is 58.3 Å². The van der Waals surface area contributed by atoms with Gasteiger partial charge in [-0.15, -0.1) is 12.4 Å². The van der Waals surface area contributed by atoms with Crippen molar-refractivity contribution in [3.63, 3.8) is 0 Å². The molecule has 0 aromatic heterocycles. The van der Waals surface area contributed by atoms with E-state index in [9.17, 15) is 16.8 Å². The molecule has 19 heavy (non-hydrogen) atoms. The number of nitrogens with two attached hydrogens (primary N) is 1. The first kappa shape index (κ1) is 19.1. The third-order valence-electron chi connectivity index (χ3n) is 2.88. The van der Waals surface area contributed by atoms with Crippen molar-refractivity contribution in [1.82, 2.24) is 9.03 Å². The summed E-state index contributed by atoms with van der Waals surface area (Å²) in [4.78, 5) is 0. The van der Waals surface area contributed by atoms with Gasteiger partial charge >= 0.3 is 0 Å². The Morgan fingerprint density at radius 2 is 1.95 bits per heavy atom. The summed E-state index contributed by atoms with van der Waals surface area (Å²) in [6.07, 6.45) is 1.58. The van der Waals surface area contributed by atoms with Crippen LogP contribution in [0.3, 0.4) is 0 Å². The summed E-state index contributed by atoms with van der Waals surface area (Å²) >= 11 is 0. The van der Waals surface area contributed by atoms with E-state index < -0.39 is 20.0 Å². The van der Waals surface area contributed by atoms with Crippen LogP contribution in [0, 0.1) is 0 Å². The zero-order valence-corrected chi connectivity index (χ0v) is 13.4. The topological polar surface area (TPSA) is 110 Å². The van der Waals surface area contributed by atoms with Gasteiger partial charge in [-0.2, -0.15) is 0 Å². The fourth-order valence-corrected chi connectivity index (χ4v) is 3.97. The Balaban J connectivity index is 0.00000324. The molecule has 0 aromatic rings. The molecule has 0 aliphatic carbocycles. The summed E-state index contributed by atoms with van der Waals surface area (Å²) in [5, 5.41) is 0. The van der Waals surface area contributed by atoms with Gasteiger partial charge in [-0.05, 0) is 19.8 Å². The van der Waals surface area contributed by atoms with Gasteiger partial charge in [-0.1, -0.05) is 0 Å². The molecule has 0 saturated carbocycles. The van der Waals surface area contributed by atoms with Crippen molar-refractivity contribution in [3.8, 4) is 0 Å². The molecule has 0 aromatic carbocycles. The van der Waals surface area contributed by atoms with Gasteiger partial charge in [0.25, 0.3) is 0 Å². The van der Waals surface area contributed by atoms with E-state index in [1.807, 2.05) is 0 Å². The number of nitrogens with zero attached hydrogens (tertiary/aromatic N) is 1. The third kappa shape index (κ3) is 6.37. The summed E-state index contributed by atoms with van der Waals surface area (Å²) < 4.78 is 49.8. The molecule has 1 heterocycles. The van der Waals surface area contributed by atoms with Crippen LogP contribution in [0.4, 0.5) is 0 Å². The van der Waals surface area contributed by atoms with Gasteiger partial charge in [0.05, 0.1) is 11.5 Å². The SMILES string of the molecule is CCS(=O)(=O)NCCS(=O)(=O)N1CCCC(N)C1.Cl. The van der Waals surface area contributed by atoms with Crippen LogP contribution in [0.15, 0.2) is 0 Å². The second-order valence-corrected chi connectivity index (χ2v) is 8.56. The zero-order chi connectivity index (χ0) is 13.8. The van der Waals surface area contributed by atoms with Crippen LogP contribution in [0.2, 0.25) is 0 Å². The van der Waals surface area contributed by atoms with E-state index in [0.29, 0.717) is 13.1 Å². The van der Waals surface area contributed by atoms with Crippen LogP contribution in [0.25, 0.3) is 0 Å².